The van der Waals surface area contributed by atoms with E-state index >= 15 is 0 Å². The van der Waals surface area contributed by atoms with Crippen LogP contribution in [0.2, 0.25) is 0 Å². The lowest BCUT2D eigenvalue weighted by Gasteiger charge is -2.42. The van der Waals surface area contributed by atoms with E-state index < -0.39 is 6.04 Å². The molecule has 0 radical (unpaired) electrons. The smallest absolute Gasteiger partial charge is 0.323 e. The number of rotatable bonds is 3. The van der Waals surface area contributed by atoms with Gasteiger partial charge in [-0.25, -0.2) is 0 Å². The Morgan fingerprint density at radius 3 is 2.24 bits per heavy atom. The van der Waals surface area contributed by atoms with Crippen LogP contribution in [0.4, 0.5) is 0 Å². The van der Waals surface area contributed by atoms with Crippen molar-refractivity contribution < 1.29 is 9.53 Å². The van der Waals surface area contributed by atoms with Crippen LogP contribution in [0.15, 0.2) is 0 Å². The summed E-state index contributed by atoms with van der Waals surface area (Å²) in [6.07, 6.45) is 0. The van der Waals surface area contributed by atoms with Crippen LogP contribution in [0.25, 0.3) is 0 Å². The van der Waals surface area contributed by atoms with Crippen LogP contribution in [-0.4, -0.2) is 67.2 Å². The van der Waals surface area contributed by atoms with Gasteiger partial charge in [0.15, 0.2) is 0 Å². The largest absolute Gasteiger partial charge is 0.468 e. The molecule has 1 aliphatic heterocycles. The topological polar surface area (TPSA) is 58.8 Å². The fourth-order valence-electron chi connectivity index (χ4n) is 2.11. The van der Waals surface area contributed by atoms with E-state index in [2.05, 4.69) is 35.3 Å². The molecule has 0 aliphatic carbocycles. The van der Waals surface area contributed by atoms with Gasteiger partial charge < -0.3 is 10.5 Å². The van der Waals surface area contributed by atoms with E-state index in [9.17, 15) is 4.79 Å². The van der Waals surface area contributed by atoms with Gasteiger partial charge in [-0.1, -0.05) is 0 Å². The van der Waals surface area contributed by atoms with Gasteiger partial charge in [0, 0.05) is 38.3 Å². The molecule has 1 rings (SSSR count). The van der Waals surface area contributed by atoms with Gasteiger partial charge >= 0.3 is 5.97 Å². The van der Waals surface area contributed by atoms with Crippen LogP contribution in [0.1, 0.15) is 20.8 Å². The van der Waals surface area contributed by atoms with Crippen molar-refractivity contribution in [2.24, 2.45) is 5.73 Å². The van der Waals surface area contributed by atoms with Gasteiger partial charge in [0.2, 0.25) is 0 Å². The Morgan fingerprint density at radius 2 is 1.82 bits per heavy atom. The molecule has 1 aliphatic rings. The second-order valence-electron chi connectivity index (χ2n) is 5.59. The maximum atomic E-state index is 11.2. The summed E-state index contributed by atoms with van der Waals surface area (Å²) in [6, 6.07) is -0.527. The number of hydrogen-bond donors (Lipinski definition) is 1. The lowest BCUT2D eigenvalue weighted by atomic mass is 10.0. The number of ether oxygens (including phenoxy) is 1. The van der Waals surface area contributed by atoms with Gasteiger partial charge in [-0.3, -0.25) is 14.6 Å². The molecule has 0 aromatic heterocycles. The van der Waals surface area contributed by atoms with Crippen LogP contribution in [0.5, 0.6) is 0 Å². The van der Waals surface area contributed by atoms with E-state index in [1.54, 1.807) is 0 Å². The van der Waals surface area contributed by atoms with Crippen molar-refractivity contribution in [3.05, 3.63) is 0 Å². The zero-order valence-electron chi connectivity index (χ0n) is 11.4. The molecule has 1 atom stereocenters. The first-order valence-corrected chi connectivity index (χ1v) is 6.15. The summed E-state index contributed by atoms with van der Waals surface area (Å²) < 4.78 is 4.63. The zero-order valence-corrected chi connectivity index (χ0v) is 11.4. The average Bonchev–Trinajstić information content (AvgIpc) is 2.27. The Balaban J connectivity index is 2.35. The van der Waals surface area contributed by atoms with E-state index in [0.717, 1.165) is 26.2 Å². The molecule has 5 nitrogen and oxygen atoms in total. The Kier molecular flexibility index (Phi) is 4.91. The van der Waals surface area contributed by atoms with Crippen LogP contribution in [0.3, 0.4) is 0 Å². The van der Waals surface area contributed by atoms with E-state index in [-0.39, 0.29) is 11.5 Å². The van der Waals surface area contributed by atoms with Gasteiger partial charge in [-0.2, -0.15) is 0 Å². The normalized spacial score (nSPS) is 21.2. The molecule has 100 valence electrons. The standard InChI is InChI=1S/C12H25N3O2/c1-12(2,3)15-7-5-14(6-8-15)9-10(13)11(16)17-4/h10H,5-9,13H2,1-4H3. The number of carbonyl (C=O) groups excluding carboxylic acids is 1. The molecule has 0 amide bonds. The van der Waals surface area contributed by atoms with Crippen molar-refractivity contribution in [1.82, 2.24) is 9.80 Å². The molecule has 1 saturated heterocycles. The Morgan fingerprint density at radius 1 is 1.29 bits per heavy atom. The SMILES string of the molecule is COC(=O)C(N)CN1CCN(C(C)(C)C)CC1. The first-order chi connectivity index (χ1) is 7.84. The number of carbonyl (C=O) groups is 1. The van der Waals surface area contributed by atoms with Gasteiger partial charge in [-0.05, 0) is 20.8 Å². The molecule has 0 spiro atoms. The maximum absolute atomic E-state index is 11.2. The minimum atomic E-state index is -0.527. The van der Waals surface area contributed by atoms with Gasteiger partial charge in [0.25, 0.3) is 0 Å². The molecule has 1 fully saturated rings. The Labute approximate surface area is 104 Å². The molecule has 0 aromatic rings. The highest BCUT2D eigenvalue weighted by molar-refractivity contribution is 5.75. The number of esters is 1. The molecule has 5 heteroatoms. The molecule has 17 heavy (non-hydrogen) atoms. The van der Waals surface area contributed by atoms with Crippen molar-refractivity contribution in [3.63, 3.8) is 0 Å². The lowest BCUT2D eigenvalue weighted by Crippen LogP contribution is -2.55. The molecule has 0 aromatic carbocycles. The molecule has 2 N–H and O–H groups in total. The van der Waals surface area contributed by atoms with E-state index in [0.29, 0.717) is 6.54 Å². The van der Waals surface area contributed by atoms with Crippen molar-refractivity contribution in [3.8, 4) is 0 Å². The molecule has 1 unspecified atom stereocenters. The van der Waals surface area contributed by atoms with Crippen LogP contribution in [0, 0.1) is 0 Å². The van der Waals surface area contributed by atoms with E-state index in [1.165, 1.54) is 7.11 Å². The first-order valence-electron chi connectivity index (χ1n) is 6.15. The minimum Gasteiger partial charge on any atom is -0.468 e. The van der Waals surface area contributed by atoms with Gasteiger partial charge in [0.1, 0.15) is 6.04 Å². The molecule has 0 bridgehead atoms. The highest BCUT2D eigenvalue weighted by atomic mass is 16.5. The van der Waals surface area contributed by atoms with Crippen LogP contribution in [-0.2, 0) is 9.53 Å². The van der Waals surface area contributed by atoms with Gasteiger partial charge in [0.05, 0.1) is 7.11 Å². The number of piperazine rings is 1. The summed E-state index contributed by atoms with van der Waals surface area (Å²) in [5.74, 6) is -0.330. The minimum absolute atomic E-state index is 0.219. The van der Waals surface area contributed by atoms with Crippen LogP contribution >= 0.6 is 0 Å². The second kappa shape index (κ2) is 5.80. The fraction of sp³-hybridized carbons (Fsp3) is 0.917. The number of nitrogens with zero attached hydrogens (tertiary/aromatic N) is 2. The number of nitrogens with two attached hydrogens (primary N) is 1. The monoisotopic (exact) mass is 243 g/mol. The van der Waals surface area contributed by atoms with Crippen molar-refractivity contribution in [2.45, 2.75) is 32.4 Å². The second-order valence-corrected chi connectivity index (χ2v) is 5.59. The third-order valence-electron chi connectivity index (χ3n) is 3.28. The van der Waals surface area contributed by atoms with Crippen molar-refractivity contribution in [1.29, 1.82) is 0 Å². The summed E-state index contributed by atoms with van der Waals surface area (Å²) in [7, 11) is 1.37. The summed E-state index contributed by atoms with van der Waals surface area (Å²) >= 11 is 0. The quantitative estimate of drug-likeness (QED) is 0.702. The predicted molar refractivity (Wildman–Crippen MR) is 67.8 cm³/mol. The fourth-order valence-corrected chi connectivity index (χ4v) is 2.11. The highest BCUT2D eigenvalue weighted by Crippen LogP contribution is 2.15. The third kappa shape index (κ3) is 4.26. The highest BCUT2D eigenvalue weighted by Gasteiger charge is 2.27. The molecular weight excluding hydrogens is 218 g/mol. The Bertz CT molecular complexity index is 255. The first kappa shape index (κ1) is 14.4. The summed E-state index contributed by atoms with van der Waals surface area (Å²) in [6.45, 7) is 11.2. The molecule has 0 saturated carbocycles. The molecule has 1 heterocycles. The Hall–Kier alpha value is -0.650. The summed E-state index contributed by atoms with van der Waals surface area (Å²) in [5, 5.41) is 0. The van der Waals surface area contributed by atoms with Crippen LogP contribution < -0.4 is 5.73 Å². The summed E-state index contributed by atoms with van der Waals surface area (Å²) in [4.78, 5) is 15.9. The van der Waals surface area contributed by atoms with Crippen molar-refractivity contribution in [2.75, 3.05) is 39.8 Å². The maximum Gasteiger partial charge on any atom is 0.323 e. The predicted octanol–water partition coefficient (Wildman–Crippen LogP) is -0.0972. The van der Waals surface area contributed by atoms with Gasteiger partial charge in [-0.15, -0.1) is 0 Å². The average molecular weight is 243 g/mol. The zero-order chi connectivity index (χ0) is 13.1. The number of methoxy groups -OCH3 is 1. The number of hydrogen-bond acceptors (Lipinski definition) is 5. The van der Waals surface area contributed by atoms with E-state index in [4.69, 9.17) is 5.73 Å². The van der Waals surface area contributed by atoms with E-state index in [1.807, 2.05) is 0 Å². The third-order valence-corrected chi connectivity index (χ3v) is 3.28. The van der Waals surface area contributed by atoms with Crippen molar-refractivity contribution >= 4 is 5.97 Å². The summed E-state index contributed by atoms with van der Waals surface area (Å²) in [5.41, 5.74) is 5.97. The molecular formula is C12H25N3O2. The lowest BCUT2D eigenvalue weighted by molar-refractivity contribution is -0.142.